The van der Waals surface area contributed by atoms with E-state index in [1.165, 1.54) is 0 Å². The van der Waals surface area contributed by atoms with Crippen molar-refractivity contribution in [2.75, 3.05) is 0 Å². The lowest BCUT2D eigenvalue weighted by Crippen LogP contribution is -1.73. The smallest absolute Gasteiger partial charge is 0.177 e. The SMILES string of the molecule is N#[N+]N1C=C1F. The maximum absolute atomic E-state index is 11.3. The standard InChI is InChI=1S/C2HFN3/c3-2-1-6(2)5-4/h1H/q+1. The Morgan fingerprint density at radius 1 is 2.00 bits per heavy atom. The van der Waals surface area contributed by atoms with Gasteiger partial charge in [0.25, 0.3) is 11.3 Å². The molecule has 4 heteroatoms. The van der Waals surface area contributed by atoms with Crippen LogP contribution in [-0.4, -0.2) is 5.01 Å². The fourth-order valence-electron chi connectivity index (χ4n) is 0.141. The summed E-state index contributed by atoms with van der Waals surface area (Å²) in [6.45, 7) is 0. The summed E-state index contributed by atoms with van der Waals surface area (Å²) >= 11 is 0. The second-order valence-electron chi connectivity index (χ2n) is 0.886. The van der Waals surface area contributed by atoms with Crippen LogP contribution < -0.4 is 0 Å². The van der Waals surface area contributed by atoms with Crippen molar-refractivity contribution in [3.05, 3.63) is 17.2 Å². The van der Waals surface area contributed by atoms with E-state index in [0.717, 1.165) is 11.2 Å². The van der Waals surface area contributed by atoms with E-state index in [9.17, 15) is 4.39 Å². The molecule has 1 heterocycles. The summed E-state index contributed by atoms with van der Waals surface area (Å²) in [7, 11) is 0. The first kappa shape index (κ1) is 3.09. The lowest BCUT2D eigenvalue weighted by molar-refractivity contribution is 0.544. The maximum atomic E-state index is 11.3. The average Bonchev–Trinajstić information content (AvgIpc) is 2.19. The highest BCUT2D eigenvalue weighted by Gasteiger charge is 2.32. The third-order valence-electron chi connectivity index (χ3n) is 0.476. The molecule has 0 fully saturated rings. The lowest BCUT2D eigenvalue weighted by atomic mass is 11.2. The average molecular weight is 86.0 g/mol. The molecule has 0 aromatic carbocycles. The third kappa shape index (κ3) is 0.217. The molecule has 0 atom stereocenters. The fraction of sp³-hybridized carbons (Fsp3) is 0. The van der Waals surface area contributed by atoms with E-state index >= 15 is 0 Å². The van der Waals surface area contributed by atoms with Crippen molar-refractivity contribution in [3.8, 4) is 0 Å². The van der Waals surface area contributed by atoms with Crippen LogP contribution in [0.25, 0.3) is 5.08 Å². The van der Waals surface area contributed by atoms with Crippen molar-refractivity contribution in [3.63, 3.8) is 0 Å². The minimum atomic E-state index is -0.502. The van der Waals surface area contributed by atoms with Gasteiger partial charge in [-0.2, -0.15) is 4.39 Å². The summed E-state index contributed by atoms with van der Waals surface area (Å²) in [5.41, 5.74) is 0. The van der Waals surface area contributed by atoms with Crippen LogP contribution in [0.15, 0.2) is 12.2 Å². The van der Waals surface area contributed by atoms with E-state index in [1.807, 2.05) is 0 Å². The Morgan fingerprint density at radius 2 is 2.50 bits per heavy atom. The van der Waals surface area contributed by atoms with Crippen LogP contribution in [0.5, 0.6) is 0 Å². The molecule has 0 aliphatic carbocycles. The topological polar surface area (TPSA) is 31.2 Å². The first-order valence-electron chi connectivity index (χ1n) is 1.36. The van der Waals surface area contributed by atoms with Crippen LogP contribution in [0.4, 0.5) is 4.39 Å². The molecule has 1 aliphatic rings. The second-order valence-corrected chi connectivity index (χ2v) is 0.886. The van der Waals surface area contributed by atoms with Gasteiger partial charge in [0.1, 0.15) is 0 Å². The highest BCUT2D eigenvalue weighted by atomic mass is 19.1. The molecular formula is C2HFN3+. The normalized spacial score (nSPS) is 16.0. The van der Waals surface area contributed by atoms with Crippen molar-refractivity contribution in [2.24, 2.45) is 0 Å². The Morgan fingerprint density at radius 3 is 2.50 bits per heavy atom. The molecule has 0 bridgehead atoms. The summed E-state index contributed by atoms with van der Waals surface area (Å²) < 4.78 is 11.3. The highest BCUT2D eigenvalue weighted by Crippen LogP contribution is 2.20. The predicted octanol–water partition coefficient (Wildman–Crippen LogP) is 0.838. The molecule has 0 amide bonds. The Kier molecular flexibility index (Phi) is 0.353. The summed E-state index contributed by atoms with van der Waals surface area (Å²) in [5.74, 6) is -0.502. The Balaban J connectivity index is 2.42. The number of rotatable bonds is 0. The van der Waals surface area contributed by atoms with Gasteiger partial charge in [-0.25, -0.2) is 0 Å². The van der Waals surface area contributed by atoms with Crippen LogP contribution in [0, 0.1) is 5.39 Å². The quantitative estimate of drug-likeness (QED) is 0.323. The fourth-order valence-corrected chi connectivity index (χ4v) is 0.141. The van der Waals surface area contributed by atoms with Crippen LogP contribution in [0.1, 0.15) is 0 Å². The first-order valence-corrected chi connectivity index (χ1v) is 1.36. The van der Waals surface area contributed by atoms with E-state index in [0.29, 0.717) is 0 Å². The number of halogens is 1. The molecule has 0 saturated heterocycles. The number of nitrogens with zero attached hydrogens (tertiary/aromatic N) is 3. The summed E-state index contributed by atoms with van der Waals surface area (Å²) in [6, 6.07) is 0. The molecule has 0 spiro atoms. The van der Waals surface area contributed by atoms with Gasteiger partial charge in [-0.3, -0.25) is 0 Å². The van der Waals surface area contributed by atoms with Gasteiger partial charge in [-0.15, -0.1) is 0 Å². The number of hydrogen-bond acceptors (Lipinski definition) is 2. The molecule has 1 rings (SSSR count). The van der Waals surface area contributed by atoms with E-state index < -0.39 is 5.95 Å². The summed E-state index contributed by atoms with van der Waals surface area (Å²) in [6.07, 6.45) is 1.06. The van der Waals surface area contributed by atoms with Crippen LogP contribution in [-0.2, 0) is 0 Å². The molecule has 0 aromatic heterocycles. The zero-order valence-corrected chi connectivity index (χ0v) is 2.80. The minimum Gasteiger partial charge on any atom is -0.177 e. The Bertz CT molecular complexity index is 132. The van der Waals surface area contributed by atoms with Crippen molar-refractivity contribution in [2.45, 2.75) is 0 Å². The van der Waals surface area contributed by atoms with Crippen LogP contribution in [0.2, 0.25) is 0 Å². The van der Waals surface area contributed by atoms with Gasteiger partial charge in [0.05, 0.1) is 5.01 Å². The molecule has 1 aliphatic heterocycles. The monoisotopic (exact) mass is 86.0 g/mol. The van der Waals surface area contributed by atoms with Gasteiger partial charge >= 0.3 is 5.08 Å². The molecule has 0 N–H and O–H groups in total. The van der Waals surface area contributed by atoms with Gasteiger partial charge in [-0.05, 0) is 0 Å². The van der Waals surface area contributed by atoms with Crippen molar-refractivity contribution in [1.82, 2.24) is 5.01 Å². The molecule has 3 nitrogen and oxygen atoms in total. The molecule has 0 radical (unpaired) electrons. The minimum absolute atomic E-state index is 0.502. The molecule has 0 saturated carbocycles. The highest BCUT2D eigenvalue weighted by molar-refractivity contribution is 5.11. The first-order chi connectivity index (χ1) is 2.84. The van der Waals surface area contributed by atoms with Crippen LogP contribution >= 0.6 is 0 Å². The van der Waals surface area contributed by atoms with Gasteiger partial charge in [0, 0.05) is 0 Å². The van der Waals surface area contributed by atoms with E-state index in [2.05, 4.69) is 5.08 Å². The second kappa shape index (κ2) is 0.684. The van der Waals surface area contributed by atoms with Gasteiger partial charge < -0.3 is 0 Å². The maximum Gasteiger partial charge on any atom is 0.318 e. The van der Waals surface area contributed by atoms with Crippen molar-refractivity contribution < 1.29 is 4.39 Å². The molecule has 30 valence electrons. The predicted molar refractivity (Wildman–Crippen MR) is 16.1 cm³/mol. The number of diazo groups is 1. The van der Waals surface area contributed by atoms with Crippen molar-refractivity contribution in [1.29, 1.82) is 5.39 Å². The molecule has 0 aromatic rings. The van der Waals surface area contributed by atoms with Gasteiger partial charge in [0.2, 0.25) is 0 Å². The van der Waals surface area contributed by atoms with Gasteiger partial charge in [-0.1, -0.05) is 0 Å². The largest absolute Gasteiger partial charge is 0.318 e. The molecule has 0 unspecified atom stereocenters. The summed E-state index contributed by atoms with van der Waals surface area (Å²) in [5, 5.41) is 10.8. The summed E-state index contributed by atoms with van der Waals surface area (Å²) in [4.78, 5) is 0. The van der Waals surface area contributed by atoms with E-state index in [4.69, 9.17) is 5.39 Å². The van der Waals surface area contributed by atoms with Crippen LogP contribution in [0.3, 0.4) is 0 Å². The van der Waals surface area contributed by atoms with Crippen molar-refractivity contribution >= 4 is 0 Å². The Hall–Kier alpha value is -1.11. The zero-order chi connectivity index (χ0) is 4.57. The number of hydrogen-bond donors (Lipinski definition) is 0. The zero-order valence-electron chi connectivity index (χ0n) is 2.80. The van der Waals surface area contributed by atoms with E-state index in [1.54, 1.807) is 0 Å². The Labute approximate surface area is 33.3 Å². The van der Waals surface area contributed by atoms with Gasteiger partial charge in [0.15, 0.2) is 6.20 Å². The molecule has 6 heavy (non-hydrogen) atoms. The lowest BCUT2D eigenvalue weighted by Gasteiger charge is -1.54. The van der Waals surface area contributed by atoms with E-state index in [-0.39, 0.29) is 0 Å². The third-order valence-corrected chi connectivity index (χ3v) is 0.476. The molecular weight excluding hydrogens is 85.0 g/mol.